The minimum atomic E-state index is -0.00296. The highest BCUT2D eigenvalue weighted by Gasteiger charge is 2.30. The molecule has 1 N–H and O–H groups in total. The van der Waals surface area contributed by atoms with Gasteiger partial charge in [-0.1, -0.05) is 30.0 Å². The Kier molecular flexibility index (Phi) is 5.77. The number of nitrogens with one attached hydrogen (secondary N) is 1. The molecular weight excluding hydrogens is 414 g/mol. The van der Waals surface area contributed by atoms with Crippen molar-refractivity contribution in [3.63, 3.8) is 0 Å². The Balaban J connectivity index is 1.25. The summed E-state index contributed by atoms with van der Waals surface area (Å²) < 4.78 is 2.25. The number of aromatic nitrogens is 3. The molecule has 8 heteroatoms. The summed E-state index contributed by atoms with van der Waals surface area (Å²) in [5.74, 6) is 1.33. The second kappa shape index (κ2) is 8.81. The maximum atomic E-state index is 12.7. The quantitative estimate of drug-likeness (QED) is 0.520. The largest absolute Gasteiger partial charge is 0.370 e. The first kappa shape index (κ1) is 19.6. The van der Waals surface area contributed by atoms with Gasteiger partial charge in [-0.3, -0.25) is 4.79 Å². The fourth-order valence-electron chi connectivity index (χ4n) is 3.92. The van der Waals surface area contributed by atoms with E-state index >= 15 is 0 Å². The molecule has 1 aliphatic heterocycles. The number of para-hydroxylation sites is 2. The van der Waals surface area contributed by atoms with Crippen molar-refractivity contribution in [2.45, 2.75) is 43.3 Å². The van der Waals surface area contributed by atoms with E-state index < -0.39 is 0 Å². The molecule has 156 valence electrons. The smallest absolute Gasteiger partial charge is 0.234 e. The van der Waals surface area contributed by atoms with Crippen molar-refractivity contribution in [3.8, 4) is 0 Å². The topological polar surface area (TPSA) is 63.1 Å². The van der Waals surface area contributed by atoms with E-state index in [-0.39, 0.29) is 5.91 Å². The highest BCUT2D eigenvalue weighted by atomic mass is 32.2. The van der Waals surface area contributed by atoms with Crippen LogP contribution in [0.3, 0.4) is 0 Å². The molecule has 0 unspecified atom stereocenters. The van der Waals surface area contributed by atoms with Crippen LogP contribution in [0.4, 0.5) is 11.4 Å². The molecule has 2 fully saturated rings. The first-order valence-electron chi connectivity index (χ1n) is 10.5. The maximum Gasteiger partial charge on any atom is 0.234 e. The molecular formula is C22H25N5OS2. The lowest BCUT2D eigenvalue weighted by Crippen LogP contribution is -2.21. The zero-order valence-electron chi connectivity index (χ0n) is 16.8. The van der Waals surface area contributed by atoms with Crippen LogP contribution in [0.25, 0.3) is 0 Å². The van der Waals surface area contributed by atoms with E-state index in [0.717, 1.165) is 41.9 Å². The van der Waals surface area contributed by atoms with E-state index in [1.807, 2.05) is 18.2 Å². The molecule has 1 aromatic carbocycles. The highest BCUT2D eigenvalue weighted by Crippen LogP contribution is 2.39. The van der Waals surface area contributed by atoms with Gasteiger partial charge < -0.3 is 14.8 Å². The van der Waals surface area contributed by atoms with Crippen molar-refractivity contribution >= 4 is 40.4 Å². The fourth-order valence-corrected chi connectivity index (χ4v) is 5.45. The van der Waals surface area contributed by atoms with Crippen molar-refractivity contribution in [2.75, 3.05) is 29.1 Å². The van der Waals surface area contributed by atoms with Gasteiger partial charge in [0.2, 0.25) is 5.91 Å². The molecule has 0 radical (unpaired) electrons. The molecule has 0 bridgehead atoms. The van der Waals surface area contributed by atoms with Crippen LogP contribution in [0.15, 0.2) is 46.9 Å². The van der Waals surface area contributed by atoms with E-state index in [9.17, 15) is 4.79 Å². The van der Waals surface area contributed by atoms with E-state index in [2.05, 4.69) is 48.6 Å². The number of rotatable bonds is 8. The Bertz CT molecular complexity index is 1010. The molecule has 1 saturated heterocycles. The second-order valence-electron chi connectivity index (χ2n) is 7.80. The van der Waals surface area contributed by atoms with Crippen molar-refractivity contribution in [3.05, 3.63) is 52.5 Å². The van der Waals surface area contributed by atoms with Gasteiger partial charge in [0.05, 0.1) is 17.1 Å². The molecule has 2 aromatic heterocycles. The third-order valence-corrected chi connectivity index (χ3v) is 7.34. The van der Waals surface area contributed by atoms with Crippen LogP contribution < -0.4 is 10.2 Å². The number of anilines is 2. The molecule has 30 heavy (non-hydrogen) atoms. The number of thioether (sulfide) groups is 1. The van der Waals surface area contributed by atoms with Crippen LogP contribution in [0.5, 0.6) is 0 Å². The van der Waals surface area contributed by atoms with Gasteiger partial charge >= 0.3 is 0 Å². The Labute approximate surface area is 184 Å². The lowest BCUT2D eigenvalue weighted by atomic mass is 10.2. The first-order chi connectivity index (χ1) is 14.8. The number of thiophene rings is 1. The van der Waals surface area contributed by atoms with E-state index in [4.69, 9.17) is 0 Å². The van der Waals surface area contributed by atoms with E-state index in [1.54, 1.807) is 11.3 Å². The standard InChI is InChI=1S/C22H25N5OS2/c28-21(23-18-7-1-2-8-19(18)26-11-3-4-12-26)15-30-22-25-24-20(27(22)16-9-10-16)14-17-6-5-13-29-17/h1-2,5-8,13,16H,3-4,9-12,14-15H2,(H,23,28). The van der Waals surface area contributed by atoms with Gasteiger partial charge in [-0.05, 0) is 49.3 Å². The summed E-state index contributed by atoms with van der Waals surface area (Å²) in [4.78, 5) is 16.3. The first-order valence-corrected chi connectivity index (χ1v) is 12.4. The summed E-state index contributed by atoms with van der Waals surface area (Å²) in [6.07, 6.45) is 5.56. The highest BCUT2D eigenvalue weighted by molar-refractivity contribution is 7.99. The van der Waals surface area contributed by atoms with Crippen molar-refractivity contribution < 1.29 is 4.79 Å². The van der Waals surface area contributed by atoms with Gasteiger partial charge in [0, 0.05) is 30.4 Å². The number of hydrogen-bond acceptors (Lipinski definition) is 6. The molecule has 1 amide bonds. The van der Waals surface area contributed by atoms with Gasteiger partial charge in [0.15, 0.2) is 5.16 Å². The van der Waals surface area contributed by atoms with Crippen molar-refractivity contribution in [2.24, 2.45) is 0 Å². The molecule has 2 aliphatic rings. The lowest BCUT2D eigenvalue weighted by Gasteiger charge is -2.21. The Hall–Kier alpha value is -2.32. The van der Waals surface area contributed by atoms with Crippen LogP contribution in [0.2, 0.25) is 0 Å². The Morgan fingerprint density at radius 2 is 1.97 bits per heavy atom. The van der Waals surface area contributed by atoms with Gasteiger partial charge in [-0.2, -0.15) is 0 Å². The van der Waals surface area contributed by atoms with Gasteiger partial charge in [-0.25, -0.2) is 0 Å². The van der Waals surface area contributed by atoms with E-state index in [0.29, 0.717) is 11.8 Å². The van der Waals surface area contributed by atoms with Crippen LogP contribution in [-0.2, 0) is 11.2 Å². The Morgan fingerprint density at radius 3 is 2.73 bits per heavy atom. The summed E-state index contributed by atoms with van der Waals surface area (Å²) in [6, 6.07) is 12.8. The molecule has 0 spiro atoms. The average molecular weight is 440 g/mol. The van der Waals surface area contributed by atoms with Crippen LogP contribution in [0, 0.1) is 0 Å². The monoisotopic (exact) mass is 439 g/mol. The predicted octanol–water partition coefficient (Wildman–Crippen LogP) is 4.60. The molecule has 1 saturated carbocycles. The summed E-state index contributed by atoms with van der Waals surface area (Å²) in [5.41, 5.74) is 2.01. The fraction of sp³-hybridized carbons (Fsp3) is 0.409. The zero-order chi connectivity index (χ0) is 20.3. The molecule has 1 aliphatic carbocycles. The summed E-state index contributed by atoms with van der Waals surface area (Å²) in [5, 5.41) is 14.9. The third kappa shape index (κ3) is 4.39. The predicted molar refractivity (Wildman–Crippen MR) is 123 cm³/mol. The molecule has 6 nitrogen and oxygen atoms in total. The number of carbonyl (C=O) groups is 1. The molecule has 3 aromatic rings. The number of nitrogens with zero attached hydrogens (tertiary/aromatic N) is 4. The summed E-state index contributed by atoms with van der Waals surface area (Å²) in [7, 11) is 0. The van der Waals surface area contributed by atoms with Crippen LogP contribution in [0.1, 0.15) is 42.4 Å². The van der Waals surface area contributed by atoms with Crippen molar-refractivity contribution in [1.82, 2.24) is 14.8 Å². The number of amides is 1. The number of hydrogen-bond donors (Lipinski definition) is 1. The number of carbonyl (C=O) groups excluding carboxylic acids is 1. The number of benzene rings is 1. The van der Waals surface area contributed by atoms with Crippen LogP contribution in [-0.4, -0.2) is 39.5 Å². The third-order valence-electron chi connectivity index (χ3n) is 5.52. The SMILES string of the molecule is O=C(CSc1nnc(Cc2cccs2)n1C1CC1)Nc1ccccc1N1CCCC1. The van der Waals surface area contributed by atoms with E-state index in [1.165, 1.54) is 42.3 Å². The maximum absolute atomic E-state index is 12.7. The summed E-state index contributed by atoms with van der Waals surface area (Å²) in [6.45, 7) is 2.11. The van der Waals surface area contributed by atoms with Gasteiger partial charge in [0.1, 0.15) is 5.82 Å². The molecule has 3 heterocycles. The lowest BCUT2D eigenvalue weighted by molar-refractivity contribution is -0.113. The minimum absolute atomic E-state index is 0.00296. The zero-order valence-corrected chi connectivity index (χ0v) is 18.4. The summed E-state index contributed by atoms with van der Waals surface area (Å²) >= 11 is 3.22. The Morgan fingerprint density at radius 1 is 1.13 bits per heavy atom. The average Bonchev–Trinajstić information content (AvgIpc) is 3.17. The van der Waals surface area contributed by atoms with Gasteiger partial charge in [0.25, 0.3) is 0 Å². The van der Waals surface area contributed by atoms with Gasteiger partial charge in [-0.15, -0.1) is 21.5 Å². The normalized spacial score (nSPS) is 16.2. The van der Waals surface area contributed by atoms with Crippen molar-refractivity contribution in [1.29, 1.82) is 0 Å². The second-order valence-corrected chi connectivity index (χ2v) is 9.78. The minimum Gasteiger partial charge on any atom is -0.370 e. The van der Waals surface area contributed by atoms with Crippen LogP contribution >= 0.6 is 23.1 Å². The molecule has 5 rings (SSSR count). The molecule has 0 atom stereocenters.